The van der Waals surface area contributed by atoms with Crippen molar-refractivity contribution in [2.45, 2.75) is 19.4 Å². The number of non-ortho nitro benzene ring substituents is 1. The number of pyridine rings is 1. The van der Waals surface area contributed by atoms with Crippen molar-refractivity contribution in [1.82, 2.24) is 15.3 Å². The molecule has 0 saturated carbocycles. The largest absolute Gasteiger partial charge is 0.299 e. The van der Waals surface area contributed by atoms with Crippen LogP contribution in [0.3, 0.4) is 0 Å². The number of nitro benzene ring substituents is 1. The highest BCUT2D eigenvalue weighted by Crippen LogP contribution is 2.20. The lowest BCUT2D eigenvalue weighted by molar-refractivity contribution is -0.384. The number of nitro groups is 1. The van der Waals surface area contributed by atoms with Gasteiger partial charge in [0.1, 0.15) is 0 Å². The molecule has 0 radical (unpaired) electrons. The highest BCUT2D eigenvalue weighted by atomic mass is 16.6. The van der Waals surface area contributed by atoms with Gasteiger partial charge in [0.05, 0.1) is 11.1 Å². The van der Waals surface area contributed by atoms with Gasteiger partial charge in [-0.1, -0.05) is 12.1 Å². The van der Waals surface area contributed by atoms with Crippen molar-refractivity contribution in [2.75, 3.05) is 13.1 Å². The molecule has 1 aromatic heterocycles. The van der Waals surface area contributed by atoms with Crippen molar-refractivity contribution in [2.24, 2.45) is 11.0 Å². The molecule has 140 valence electrons. The average Bonchev–Trinajstić information content (AvgIpc) is 2.70. The number of amides is 1. The van der Waals surface area contributed by atoms with Crippen LogP contribution in [0.1, 0.15) is 24.0 Å². The minimum Gasteiger partial charge on any atom is -0.299 e. The third-order valence-electron chi connectivity index (χ3n) is 4.61. The number of hydrogen-bond donors (Lipinski definition) is 1. The molecule has 1 saturated heterocycles. The van der Waals surface area contributed by atoms with E-state index in [9.17, 15) is 14.9 Å². The van der Waals surface area contributed by atoms with E-state index in [4.69, 9.17) is 0 Å². The Bertz CT molecular complexity index is 800. The summed E-state index contributed by atoms with van der Waals surface area (Å²) in [7, 11) is 0. The molecule has 1 aromatic carbocycles. The first-order valence-electron chi connectivity index (χ1n) is 8.80. The third kappa shape index (κ3) is 5.42. The molecule has 2 heterocycles. The number of rotatable bonds is 6. The maximum atomic E-state index is 12.2. The molecule has 3 rings (SSSR count). The number of benzene rings is 1. The second-order valence-electron chi connectivity index (χ2n) is 6.49. The number of piperidine rings is 1. The van der Waals surface area contributed by atoms with E-state index in [2.05, 4.69) is 20.4 Å². The lowest BCUT2D eigenvalue weighted by Crippen LogP contribution is -2.39. The quantitative estimate of drug-likeness (QED) is 0.480. The van der Waals surface area contributed by atoms with Crippen molar-refractivity contribution >= 4 is 17.8 Å². The van der Waals surface area contributed by atoms with Crippen LogP contribution >= 0.6 is 0 Å². The third-order valence-corrected chi connectivity index (χ3v) is 4.61. The fourth-order valence-electron chi connectivity index (χ4n) is 3.05. The maximum absolute atomic E-state index is 12.2. The SMILES string of the molecule is O=C(N/N=C/c1ccncc1)C1CCN(Cc2ccc([N+](=O)[O-])cc2)CC1. The summed E-state index contributed by atoms with van der Waals surface area (Å²) in [6.07, 6.45) is 6.48. The summed E-state index contributed by atoms with van der Waals surface area (Å²) in [5.41, 5.74) is 4.62. The Morgan fingerprint density at radius 1 is 1.22 bits per heavy atom. The van der Waals surface area contributed by atoms with Gasteiger partial charge in [0, 0.05) is 37.0 Å². The van der Waals surface area contributed by atoms with Crippen LogP contribution in [-0.2, 0) is 11.3 Å². The van der Waals surface area contributed by atoms with Crippen LogP contribution in [0.2, 0.25) is 0 Å². The van der Waals surface area contributed by atoms with Crippen LogP contribution < -0.4 is 5.43 Å². The van der Waals surface area contributed by atoms with E-state index in [0.29, 0.717) is 0 Å². The van der Waals surface area contributed by atoms with Gasteiger partial charge in [0.15, 0.2) is 0 Å². The Labute approximate surface area is 157 Å². The fourth-order valence-corrected chi connectivity index (χ4v) is 3.05. The van der Waals surface area contributed by atoms with Gasteiger partial charge >= 0.3 is 0 Å². The number of carbonyl (C=O) groups is 1. The second-order valence-corrected chi connectivity index (χ2v) is 6.49. The zero-order chi connectivity index (χ0) is 19.1. The first-order valence-corrected chi connectivity index (χ1v) is 8.80. The zero-order valence-corrected chi connectivity index (χ0v) is 14.8. The summed E-state index contributed by atoms with van der Waals surface area (Å²) >= 11 is 0. The van der Waals surface area contributed by atoms with Crippen molar-refractivity contribution in [3.8, 4) is 0 Å². The van der Waals surface area contributed by atoms with Crippen LogP contribution in [0.15, 0.2) is 53.9 Å². The Morgan fingerprint density at radius 2 is 1.89 bits per heavy atom. The van der Waals surface area contributed by atoms with Crippen molar-refractivity contribution in [3.63, 3.8) is 0 Å². The Kier molecular flexibility index (Phi) is 6.22. The summed E-state index contributed by atoms with van der Waals surface area (Å²) in [5, 5.41) is 14.7. The number of aromatic nitrogens is 1. The molecule has 1 aliphatic rings. The molecule has 1 fully saturated rings. The molecule has 0 bridgehead atoms. The van der Waals surface area contributed by atoms with Crippen LogP contribution in [0, 0.1) is 16.0 Å². The minimum atomic E-state index is -0.398. The molecule has 27 heavy (non-hydrogen) atoms. The maximum Gasteiger partial charge on any atom is 0.269 e. The standard InChI is InChI=1S/C19H21N5O3/c25-19(22-21-13-15-5-9-20-10-6-15)17-7-11-23(12-8-17)14-16-1-3-18(4-2-16)24(26)27/h1-6,9-10,13,17H,7-8,11-12,14H2,(H,22,25)/b21-13+. The Hall–Kier alpha value is -3.13. The average molecular weight is 367 g/mol. The number of nitrogens with zero attached hydrogens (tertiary/aromatic N) is 4. The molecular weight excluding hydrogens is 346 g/mol. The van der Waals surface area contributed by atoms with Crippen LogP contribution in [0.5, 0.6) is 0 Å². The lowest BCUT2D eigenvalue weighted by Gasteiger charge is -2.30. The van der Waals surface area contributed by atoms with Crippen LogP contribution in [-0.4, -0.2) is 40.0 Å². The molecule has 0 unspecified atom stereocenters. The molecule has 8 nitrogen and oxygen atoms in total. The van der Waals surface area contributed by atoms with Gasteiger partial charge in [0.25, 0.3) is 5.69 Å². The van der Waals surface area contributed by atoms with E-state index < -0.39 is 4.92 Å². The highest BCUT2D eigenvalue weighted by molar-refractivity contribution is 5.83. The summed E-state index contributed by atoms with van der Waals surface area (Å²) in [4.78, 5) is 28.7. The monoisotopic (exact) mass is 367 g/mol. The van der Waals surface area contributed by atoms with E-state index >= 15 is 0 Å². The molecule has 1 N–H and O–H groups in total. The lowest BCUT2D eigenvalue weighted by atomic mass is 9.96. The number of nitrogens with one attached hydrogen (secondary N) is 1. The predicted molar refractivity (Wildman–Crippen MR) is 101 cm³/mol. The molecule has 2 aromatic rings. The van der Waals surface area contributed by atoms with Crippen LogP contribution in [0.25, 0.3) is 0 Å². The molecule has 1 aliphatic heterocycles. The van der Waals surface area contributed by atoms with Gasteiger partial charge in [0.2, 0.25) is 5.91 Å². The van der Waals surface area contributed by atoms with E-state index in [1.54, 1.807) is 30.7 Å². The first-order chi connectivity index (χ1) is 13.1. The number of hydrazone groups is 1. The van der Waals surface area contributed by atoms with Crippen molar-refractivity contribution in [1.29, 1.82) is 0 Å². The highest BCUT2D eigenvalue weighted by Gasteiger charge is 2.24. The topological polar surface area (TPSA) is 101 Å². The fraction of sp³-hybridized carbons (Fsp3) is 0.316. The molecular formula is C19H21N5O3. The summed E-state index contributed by atoms with van der Waals surface area (Å²) in [6.45, 7) is 2.35. The van der Waals surface area contributed by atoms with Gasteiger partial charge < -0.3 is 0 Å². The molecule has 1 amide bonds. The van der Waals surface area contributed by atoms with Crippen LogP contribution in [0.4, 0.5) is 5.69 Å². The summed E-state index contributed by atoms with van der Waals surface area (Å²) in [5.74, 6) is -0.108. The van der Waals surface area contributed by atoms with E-state index in [1.165, 1.54) is 12.1 Å². The Morgan fingerprint density at radius 3 is 2.52 bits per heavy atom. The normalized spacial score (nSPS) is 15.7. The van der Waals surface area contributed by atoms with Gasteiger partial charge in [-0.05, 0) is 49.2 Å². The van der Waals surface area contributed by atoms with Crippen molar-refractivity contribution in [3.05, 3.63) is 70.0 Å². The van der Waals surface area contributed by atoms with E-state index in [1.807, 2.05) is 12.1 Å². The van der Waals surface area contributed by atoms with Gasteiger partial charge in [-0.15, -0.1) is 0 Å². The minimum absolute atomic E-state index is 0.0484. The van der Waals surface area contributed by atoms with E-state index in [0.717, 1.165) is 43.6 Å². The van der Waals surface area contributed by atoms with Gasteiger partial charge in [-0.2, -0.15) is 5.10 Å². The summed E-state index contributed by atoms with van der Waals surface area (Å²) in [6, 6.07) is 10.2. The van der Waals surface area contributed by atoms with Gasteiger partial charge in [-0.25, -0.2) is 5.43 Å². The number of hydrogen-bond acceptors (Lipinski definition) is 6. The Balaban J connectivity index is 1.43. The van der Waals surface area contributed by atoms with E-state index in [-0.39, 0.29) is 17.5 Å². The smallest absolute Gasteiger partial charge is 0.269 e. The molecule has 0 spiro atoms. The molecule has 0 aliphatic carbocycles. The zero-order valence-electron chi connectivity index (χ0n) is 14.8. The van der Waals surface area contributed by atoms with Gasteiger partial charge in [-0.3, -0.25) is 24.8 Å². The van der Waals surface area contributed by atoms with Crippen molar-refractivity contribution < 1.29 is 9.72 Å². The second kappa shape index (κ2) is 9.00. The molecule has 0 atom stereocenters. The summed E-state index contributed by atoms with van der Waals surface area (Å²) < 4.78 is 0. The predicted octanol–water partition coefficient (Wildman–Crippen LogP) is 2.35. The molecule has 8 heteroatoms. The number of likely N-dealkylation sites (tertiary alicyclic amines) is 1. The number of carbonyl (C=O) groups excluding carboxylic acids is 1. The first kappa shape index (κ1) is 18.7.